The van der Waals surface area contributed by atoms with Crippen molar-refractivity contribution in [3.63, 3.8) is 0 Å². The molecule has 0 spiro atoms. The van der Waals surface area contributed by atoms with E-state index in [1.165, 1.54) is 24.0 Å². The van der Waals surface area contributed by atoms with Crippen LogP contribution in [0.4, 0.5) is 5.69 Å². The van der Waals surface area contributed by atoms with Gasteiger partial charge in [0.1, 0.15) is 17.0 Å². The van der Waals surface area contributed by atoms with Crippen LogP contribution in [0.15, 0.2) is 65.8 Å². The first kappa shape index (κ1) is 21.5. The summed E-state index contributed by atoms with van der Waals surface area (Å²) < 4.78 is 5.39. The third-order valence-corrected chi connectivity index (χ3v) is 6.34. The Labute approximate surface area is 193 Å². The number of amidine groups is 1. The van der Waals surface area contributed by atoms with Crippen molar-refractivity contribution in [3.05, 3.63) is 87.7 Å². The largest absolute Gasteiger partial charge is 0.497 e. The zero-order valence-electron chi connectivity index (χ0n) is 16.4. The highest BCUT2D eigenvalue weighted by Gasteiger charge is 2.39. The molecule has 31 heavy (non-hydrogen) atoms. The molecule has 9 heteroatoms. The maximum atomic E-state index is 12.7. The summed E-state index contributed by atoms with van der Waals surface area (Å²) in [7, 11) is 1.62. The van der Waals surface area contributed by atoms with E-state index in [1.807, 2.05) is 42.5 Å². The Hall–Kier alpha value is -2.74. The molecule has 0 fully saturated rings. The number of nitrogens with zero attached hydrogens (tertiary/aromatic N) is 2. The Morgan fingerprint density at radius 2 is 1.90 bits per heavy atom. The average Bonchev–Trinajstić information content (AvgIpc) is 3.17. The minimum absolute atomic E-state index is 0.0951. The number of hydrogen-bond donors (Lipinski definition) is 2. The molecule has 1 atom stereocenters. The molecule has 1 aromatic heterocycles. The third-order valence-electron chi connectivity index (χ3n) is 4.90. The van der Waals surface area contributed by atoms with Crippen LogP contribution in [0.25, 0.3) is 0 Å². The van der Waals surface area contributed by atoms with Gasteiger partial charge in [-0.1, -0.05) is 59.2 Å². The summed E-state index contributed by atoms with van der Waals surface area (Å²) in [6.07, 6.45) is 1.38. The van der Waals surface area contributed by atoms with Crippen molar-refractivity contribution in [2.24, 2.45) is 10.7 Å². The van der Waals surface area contributed by atoms with Crippen LogP contribution in [0.5, 0.6) is 5.75 Å². The van der Waals surface area contributed by atoms with Crippen LogP contribution in [-0.2, 0) is 5.54 Å². The number of pyridine rings is 1. The van der Waals surface area contributed by atoms with Crippen molar-refractivity contribution in [2.75, 3.05) is 18.2 Å². The molecule has 0 unspecified atom stereocenters. The van der Waals surface area contributed by atoms with Gasteiger partial charge in [0.05, 0.1) is 17.2 Å². The molecule has 1 amide bonds. The lowest BCUT2D eigenvalue weighted by atomic mass is 9.84. The number of carbonyl (C=O) groups excluding carboxylic acids is 1. The second-order valence-corrected chi connectivity index (χ2v) is 8.69. The van der Waals surface area contributed by atoms with Crippen molar-refractivity contribution in [1.82, 2.24) is 4.98 Å². The highest BCUT2D eigenvalue weighted by Crippen LogP contribution is 2.43. The Morgan fingerprint density at radius 3 is 2.58 bits per heavy atom. The normalized spacial score (nSPS) is 17.8. The molecule has 0 aliphatic carbocycles. The number of amides is 1. The van der Waals surface area contributed by atoms with Gasteiger partial charge in [-0.25, -0.2) is 9.98 Å². The molecule has 0 saturated carbocycles. The second-order valence-electron chi connectivity index (χ2n) is 6.85. The minimum Gasteiger partial charge on any atom is -0.497 e. The molecule has 3 N–H and O–H groups in total. The van der Waals surface area contributed by atoms with Gasteiger partial charge in [-0.15, -0.1) is 0 Å². The summed E-state index contributed by atoms with van der Waals surface area (Å²) in [5.41, 5.74) is 7.88. The van der Waals surface area contributed by atoms with Gasteiger partial charge in [-0.3, -0.25) is 4.79 Å². The Balaban J connectivity index is 1.70. The van der Waals surface area contributed by atoms with Crippen molar-refractivity contribution in [1.29, 1.82) is 0 Å². The van der Waals surface area contributed by atoms with Crippen molar-refractivity contribution >= 4 is 51.7 Å². The summed E-state index contributed by atoms with van der Waals surface area (Å²) in [6, 6.07) is 16.7. The first-order valence-electron chi connectivity index (χ1n) is 9.27. The van der Waals surface area contributed by atoms with Crippen LogP contribution in [0, 0.1) is 0 Å². The number of aliphatic imine (C=N–C) groups is 1. The second kappa shape index (κ2) is 8.78. The van der Waals surface area contributed by atoms with Crippen LogP contribution in [0.1, 0.15) is 21.6 Å². The number of rotatable bonds is 5. The van der Waals surface area contributed by atoms with Gasteiger partial charge in [0.15, 0.2) is 5.17 Å². The fourth-order valence-corrected chi connectivity index (χ4v) is 4.84. The maximum absolute atomic E-state index is 12.7. The van der Waals surface area contributed by atoms with Crippen LogP contribution in [-0.4, -0.2) is 28.9 Å². The fraction of sp³-hybridized carbons (Fsp3) is 0.136. The standard InChI is InChI=1S/C22H18Cl2N4O2S/c1-30-17-7-3-5-14(9-17)22(12-31-21(25)28-22)13-4-2-6-16(8-13)27-20(29)19-18(24)10-15(23)11-26-19/h2-11H,12H2,1H3,(H2,25,28)(H,27,29)/t22-/m0/s1. The Kier molecular flexibility index (Phi) is 6.09. The van der Waals surface area contributed by atoms with Crippen molar-refractivity contribution in [3.8, 4) is 5.75 Å². The monoisotopic (exact) mass is 472 g/mol. The van der Waals surface area contributed by atoms with Crippen LogP contribution in [0.2, 0.25) is 10.0 Å². The van der Waals surface area contributed by atoms with E-state index in [-0.39, 0.29) is 10.7 Å². The van der Waals surface area contributed by atoms with E-state index >= 15 is 0 Å². The molecule has 3 aromatic rings. The molecule has 4 rings (SSSR count). The molecule has 0 bridgehead atoms. The predicted molar refractivity (Wildman–Crippen MR) is 127 cm³/mol. The van der Waals surface area contributed by atoms with Gasteiger partial charge >= 0.3 is 0 Å². The first-order chi connectivity index (χ1) is 14.9. The maximum Gasteiger partial charge on any atom is 0.275 e. The number of anilines is 1. The van der Waals surface area contributed by atoms with Crippen molar-refractivity contribution < 1.29 is 9.53 Å². The Bertz CT molecular complexity index is 1190. The van der Waals surface area contributed by atoms with E-state index in [4.69, 9.17) is 38.7 Å². The average molecular weight is 473 g/mol. The number of halogens is 2. The molecular weight excluding hydrogens is 455 g/mol. The highest BCUT2D eigenvalue weighted by molar-refractivity contribution is 8.14. The van der Waals surface area contributed by atoms with E-state index in [9.17, 15) is 4.79 Å². The molecule has 6 nitrogen and oxygen atoms in total. The van der Waals surface area contributed by atoms with E-state index in [0.29, 0.717) is 21.6 Å². The van der Waals surface area contributed by atoms with Crippen LogP contribution in [0.3, 0.4) is 0 Å². The molecule has 2 heterocycles. The van der Waals surface area contributed by atoms with E-state index in [0.717, 1.165) is 16.9 Å². The van der Waals surface area contributed by atoms with E-state index in [1.54, 1.807) is 13.2 Å². The minimum atomic E-state index is -0.694. The van der Waals surface area contributed by atoms with Gasteiger partial charge in [0.2, 0.25) is 0 Å². The molecule has 2 aromatic carbocycles. The molecule has 0 radical (unpaired) electrons. The van der Waals surface area contributed by atoms with Gasteiger partial charge in [-0.05, 0) is 41.5 Å². The molecule has 1 aliphatic heterocycles. The third kappa shape index (κ3) is 4.35. The number of methoxy groups -OCH3 is 1. The molecule has 0 saturated heterocycles. The molecule has 1 aliphatic rings. The number of nitrogens with two attached hydrogens (primary N) is 1. The quantitative estimate of drug-likeness (QED) is 0.547. The summed E-state index contributed by atoms with van der Waals surface area (Å²) in [4.78, 5) is 21.5. The smallest absolute Gasteiger partial charge is 0.275 e. The van der Waals surface area contributed by atoms with E-state index < -0.39 is 11.4 Å². The number of ether oxygens (including phenoxy) is 1. The van der Waals surface area contributed by atoms with E-state index in [2.05, 4.69) is 10.3 Å². The summed E-state index contributed by atoms with van der Waals surface area (Å²) in [6.45, 7) is 0. The van der Waals surface area contributed by atoms with Gasteiger partial charge in [0, 0.05) is 17.6 Å². The summed E-state index contributed by atoms with van der Waals surface area (Å²) in [5, 5.41) is 3.89. The van der Waals surface area contributed by atoms with Crippen LogP contribution >= 0.6 is 35.0 Å². The predicted octanol–water partition coefficient (Wildman–Crippen LogP) is 4.95. The molecule has 158 valence electrons. The van der Waals surface area contributed by atoms with Gasteiger partial charge in [0.25, 0.3) is 5.91 Å². The fourth-order valence-electron chi connectivity index (χ4n) is 3.40. The number of nitrogens with one attached hydrogen (secondary N) is 1. The lowest BCUT2D eigenvalue weighted by Gasteiger charge is -2.27. The van der Waals surface area contributed by atoms with Gasteiger partial charge < -0.3 is 15.8 Å². The summed E-state index contributed by atoms with van der Waals surface area (Å²) >= 11 is 13.5. The number of aromatic nitrogens is 1. The highest BCUT2D eigenvalue weighted by atomic mass is 35.5. The van der Waals surface area contributed by atoms with Crippen LogP contribution < -0.4 is 15.8 Å². The lowest BCUT2D eigenvalue weighted by Crippen LogP contribution is -2.26. The number of thioether (sulfide) groups is 1. The Morgan fingerprint density at radius 1 is 1.16 bits per heavy atom. The topological polar surface area (TPSA) is 89.6 Å². The SMILES string of the molecule is COc1cccc([C@@]2(c3cccc(NC(=O)c4ncc(Cl)cc4Cl)c3)CSC(N)=N2)c1. The zero-order valence-corrected chi connectivity index (χ0v) is 18.8. The number of hydrogen-bond acceptors (Lipinski definition) is 6. The molecular formula is C22H18Cl2N4O2S. The number of carbonyl (C=O) groups is 1. The summed E-state index contributed by atoms with van der Waals surface area (Å²) in [5.74, 6) is 0.932. The lowest BCUT2D eigenvalue weighted by molar-refractivity contribution is 0.102. The van der Waals surface area contributed by atoms with Gasteiger partial charge in [-0.2, -0.15) is 0 Å². The zero-order chi connectivity index (χ0) is 22.0. The van der Waals surface area contributed by atoms with Crippen molar-refractivity contribution in [2.45, 2.75) is 5.54 Å². The number of benzene rings is 2. The first-order valence-corrected chi connectivity index (χ1v) is 11.0.